The molecule has 1 fully saturated rings. The maximum Gasteiger partial charge on any atom is 0.129 e. The van der Waals surface area contributed by atoms with E-state index in [2.05, 4.69) is 48.1 Å². The van der Waals surface area contributed by atoms with Crippen molar-refractivity contribution >= 4 is 5.82 Å². The van der Waals surface area contributed by atoms with Crippen molar-refractivity contribution in [2.75, 3.05) is 18.0 Å². The van der Waals surface area contributed by atoms with Crippen molar-refractivity contribution < 1.29 is 0 Å². The Labute approximate surface area is 117 Å². The van der Waals surface area contributed by atoms with Crippen molar-refractivity contribution in [3.8, 4) is 0 Å². The van der Waals surface area contributed by atoms with Gasteiger partial charge in [-0.05, 0) is 56.8 Å². The van der Waals surface area contributed by atoms with Gasteiger partial charge < -0.3 is 10.2 Å². The standard InChI is InChI=1S/C16H27N3/c1-4-15-8-6-7-11-19(15)16-12-14(9-10-18-16)13(3)17-5-2/h9-10,12-13,15,17H,4-8,11H2,1-3H3. The molecule has 0 aromatic carbocycles. The van der Waals surface area contributed by atoms with Gasteiger partial charge in [-0.2, -0.15) is 0 Å². The molecule has 2 heterocycles. The van der Waals surface area contributed by atoms with Crippen LogP contribution in [0, 0.1) is 0 Å². The van der Waals surface area contributed by atoms with Crippen LogP contribution < -0.4 is 10.2 Å². The highest BCUT2D eigenvalue weighted by Crippen LogP contribution is 2.26. The minimum atomic E-state index is 0.400. The van der Waals surface area contributed by atoms with Gasteiger partial charge in [-0.15, -0.1) is 0 Å². The number of nitrogens with one attached hydrogen (secondary N) is 1. The van der Waals surface area contributed by atoms with Gasteiger partial charge in [0.05, 0.1) is 0 Å². The lowest BCUT2D eigenvalue weighted by Crippen LogP contribution is -2.39. The molecule has 0 bridgehead atoms. The van der Waals surface area contributed by atoms with E-state index in [1.807, 2.05) is 6.20 Å². The Morgan fingerprint density at radius 2 is 2.26 bits per heavy atom. The highest BCUT2D eigenvalue weighted by atomic mass is 15.2. The van der Waals surface area contributed by atoms with E-state index in [0.29, 0.717) is 12.1 Å². The molecule has 19 heavy (non-hydrogen) atoms. The number of hydrogen-bond acceptors (Lipinski definition) is 3. The molecular weight excluding hydrogens is 234 g/mol. The lowest BCUT2D eigenvalue weighted by molar-refractivity contribution is 0.446. The summed E-state index contributed by atoms with van der Waals surface area (Å²) in [6.45, 7) is 8.81. The van der Waals surface area contributed by atoms with Gasteiger partial charge in [-0.25, -0.2) is 4.98 Å². The second-order valence-corrected chi connectivity index (χ2v) is 5.48. The molecule has 2 rings (SSSR count). The molecule has 3 heteroatoms. The van der Waals surface area contributed by atoms with Crippen LogP contribution in [0.5, 0.6) is 0 Å². The van der Waals surface area contributed by atoms with Gasteiger partial charge in [-0.3, -0.25) is 0 Å². The van der Waals surface area contributed by atoms with Crippen molar-refractivity contribution in [2.45, 2.75) is 58.5 Å². The first-order valence-electron chi connectivity index (χ1n) is 7.72. The van der Waals surface area contributed by atoms with E-state index < -0.39 is 0 Å². The lowest BCUT2D eigenvalue weighted by Gasteiger charge is -2.36. The molecule has 1 aliphatic rings. The number of piperidine rings is 1. The normalized spacial score (nSPS) is 21.4. The molecule has 0 radical (unpaired) electrons. The van der Waals surface area contributed by atoms with Gasteiger partial charge in [-0.1, -0.05) is 13.8 Å². The Kier molecular flexibility index (Phi) is 5.20. The highest BCUT2D eigenvalue weighted by molar-refractivity contribution is 5.43. The zero-order valence-electron chi connectivity index (χ0n) is 12.5. The van der Waals surface area contributed by atoms with Gasteiger partial charge in [0.15, 0.2) is 0 Å². The predicted molar refractivity (Wildman–Crippen MR) is 81.6 cm³/mol. The molecule has 0 spiro atoms. The van der Waals surface area contributed by atoms with Gasteiger partial charge in [0.2, 0.25) is 0 Å². The molecule has 0 saturated carbocycles. The zero-order valence-corrected chi connectivity index (χ0v) is 12.5. The predicted octanol–water partition coefficient (Wildman–Crippen LogP) is 3.52. The van der Waals surface area contributed by atoms with E-state index >= 15 is 0 Å². The summed E-state index contributed by atoms with van der Waals surface area (Å²) in [5.74, 6) is 1.16. The van der Waals surface area contributed by atoms with E-state index in [4.69, 9.17) is 0 Å². The second-order valence-electron chi connectivity index (χ2n) is 5.48. The van der Waals surface area contributed by atoms with Crippen LogP contribution in [0.2, 0.25) is 0 Å². The van der Waals surface area contributed by atoms with Crippen LogP contribution in [0.15, 0.2) is 18.3 Å². The summed E-state index contributed by atoms with van der Waals surface area (Å²) in [6.07, 6.45) is 7.15. The number of rotatable bonds is 5. The van der Waals surface area contributed by atoms with Crippen molar-refractivity contribution in [1.82, 2.24) is 10.3 Å². The Morgan fingerprint density at radius 3 is 3.00 bits per heavy atom. The summed E-state index contributed by atoms with van der Waals surface area (Å²) in [4.78, 5) is 7.11. The molecule has 2 unspecified atom stereocenters. The summed E-state index contributed by atoms with van der Waals surface area (Å²) in [6, 6.07) is 5.46. The van der Waals surface area contributed by atoms with Crippen molar-refractivity contribution in [2.24, 2.45) is 0 Å². The molecule has 1 N–H and O–H groups in total. The van der Waals surface area contributed by atoms with Crippen LogP contribution >= 0.6 is 0 Å². The molecule has 0 amide bonds. The van der Waals surface area contributed by atoms with Gasteiger partial charge >= 0.3 is 0 Å². The molecule has 106 valence electrons. The van der Waals surface area contributed by atoms with Crippen molar-refractivity contribution in [3.05, 3.63) is 23.9 Å². The summed E-state index contributed by atoms with van der Waals surface area (Å²) in [5, 5.41) is 3.47. The molecule has 1 saturated heterocycles. The fourth-order valence-corrected chi connectivity index (χ4v) is 3.01. The number of aromatic nitrogens is 1. The average Bonchev–Trinajstić information content (AvgIpc) is 2.47. The smallest absolute Gasteiger partial charge is 0.129 e. The van der Waals surface area contributed by atoms with E-state index in [9.17, 15) is 0 Å². The minimum absolute atomic E-state index is 0.400. The van der Waals surface area contributed by atoms with Crippen LogP contribution in [0.4, 0.5) is 5.82 Å². The maximum atomic E-state index is 4.60. The maximum absolute atomic E-state index is 4.60. The lowest BCUT2D eigenvalue weighted by atomic mass is 9.99. The summed E-state index contributed by atoms with van der Waals surface area (Å²) in [5.41, 5.74) is 1.34. The van der Waals surface area contributed by atoms with Gasteiger partial charge in [0.1, 0.15) is 5.82 Å². The molecule has 1 aromatic rings. The van der Waals surface area contributed by atoms with E-state index in [-0.39, 0.29) is 0 Å². The molecule has 1 aliphatic heterocycles. The quantitative estimate of drug-likeness (QED) is 0.879. The SMILES string of the molecule is CCNC(C)c1ccnc(N2CCCCC2CC)c1. The first kappa shape index (κ1) is 14.3. The molecule has 1 aromatic heterocycles. The Bertz CT molecular complexity index is 391. The van der Waals surface area contributed by atoms with Gasteiger partial charge in [0, 0.05) is 24.8 Å². The summed E-state index contributed by atoms with van der Waals surface area (Å²) < 4.78 is 0. The first-order chi connectivity index (χ1) is 9.26. The van der Waals surface area contributed by atoms with Crippen LogP contribution in [0.3, 0.4) is 0 Å². The van der Waals surface area contributed by atoms with Crippen LogP contribution in [0.25, 0.3) is 0 Å². The van der Waals surface area contributed by atoms with Crippen LogP contribution in [0.1, 0.15) is 58.1 Å². The Morgan fingerprint density at radius 1 is 1.42 bits per heavy atom. The average molecular weight is 261 g/mol. The number of pyridine rings is 1. The Hall–Kier alpha value is -1.09. The van der Waals surface area contributed by atoms with Crippen molar-refractivity contribution in [1.29, 1.82) is 0 Å². The number of hydrogen-bond donors (Lipinski definition) is 1. The van der Waals surface area contributed by atoms with Crippen LogP contribution in [-0.4, -0.2) is 24.1 Å². The third kappa shape index (κ3) is 3.47. The topological polar surface area (TPSA) is 28.2 Å². The molecule has 3 nitrogen and oxygen atoms in total. The fraction of sp³-hybridized carbons (Fsp3) is 0.688. The molecule has 2 atom stereocenters. The first-order valence-corrected chi connectivity index (χ1v) is 7.72. The van der Waals surface area contributed by atoms with E-state index in [1.54, 1.807) is 0 Å². The summed E-state index contributed by atoms with van der Waals surface area (Å²) >= 11 is 0. The zero-order chi connectivity index (χ0) is 13.7. The highest BCUT2D eigenvalue weighted by Gasteiger charge is 2.22. The summed E-state index contributed by atoms with van der Waals surface area (Å²) in [7, 11) is 0. The Balaban J connectivity index is 2.17. The third-order valence-corrected chi connectivity index (χ3v) is 4.17. The number of anilines is 1. The largest absolute Gasteiger partial charge is 0.354 e. The van der Waals surface area contributed by atoms with Crippen molar-refractivity contribution in [3.63, 3.8) is 0 Å². The fourth-order valence-electron chi connectivity index (χ4n) is 3.01. The molecule has 0 aliphatic carbocycles. The van der Waals surface area contributed by atoms with Gasteiger partial charge in [0.25, 0.3) is 0 Å². The van der Waals surface area contributed by atoms with E-state index in [0.717, 1.165) is 18.9 Å². The number of nitrogens with zero attached hydrogens (tertiary/aromatic N) is 2. The third-order valence-electron chi connectivity index (χ3n) is 4.17. The minimum Gasteiger partial charge on any atom is -0.354 e. The second kappa shape index (κ2) is 6.90. The monoisotopic (exact) mass is 261 g/mol. The molecular formula is C16H27N3. The van der Waals surface area contributed by atoms with Crippen LogP contribution in [-0.2, 0) is 0 Å². The van der Waals surface area contributed by atoms with E-state index in [1.165, 1.54) is 31.2 Å².